The first kappa shape index (κ1) is 26.6. The van der Waals surface area contributed by atoms with E-state index in [0.717, 1.165) is 23.4 Å². The zero-order valence-electron chi connectivity index (χ0n) is 19.7. The van der Waals surface area contributed by atoms with E-state index >= 15 is 0 Å². The number of halogens is 1. The summed E-state index contributed by atoms with van der Waals surface area (Å²) in [5, 5.41) is 12.5. The standard InChI is InChI=1S/C25H33N5O2.HI/c1-5-26-24(28-16-19-14-22(31)29-21-12-7-6-11-20(19)21)27-15-17-9-8-10-18(13-17)23(32)30-25(2,3)4;/h6-13,19H,5,14-16H2,1-4H3,(H,29,31)(H,30,32)(H2,26,27,28);1H. The SMILES string of the molecule is CCNC(=NCc1cccc(C(=O)NC(C)(C)C)c1)NCC1CC(=O)Nc2ccccc21.I. The first-order chi connectivity index (χ1) is 15.2. The predicted octanol–water partition coefficient (Wildman–Crippen LogP) is 4.01. The third-order valence-electron chi connectivity index (χ3n) is 5.06. The number of carbonyl (C=O) groups excluding carboxylic acids is 2. The van der Waals surface area contributed by atoms with E-state index in [9.17, 15) is 9.59 Å². The summed E-state index contributed by atoms with van der Waals surface area (Å²) in [6.45, 7) is 9.66. The van der Waals surface area contributed by atoms with Gasteiger partial charge in [0.05, 0.1) is 6.54 Å². The fourth-order valence-corrected chi connectivity index (χ4v) is 3.64. The molecular weight excluding hydrogens is 529 g/mol. The third-order valence-corrected chi connectivity index (χ3v) is 5.06. The number of anilines is 1. The van der Waals surface area contributed by atoms with Crippen LogP contribution in [0.1, 0.15) is 61.5 Å². The predicted molar refractivity (Wildman–Crippen MR) is 144 cm³/mol. The highest BCUT2D eigenvalue weighted by molar-refractivity contribution is 14.0. The van der Waals surface area contributed by atoms with E-state index in [4.69, 9.17) is 0 Å². The number of benzene rings is 2. The van der Waals surface area contributed by atoms with Crippen LogP contribution < -0.4 is 21.3 Å². The van der Waals surface area contributed by atoms with Crippen molar-refractivity contribution in [1.29, 1.82) is 0 Å². The van der Waals surface area contributed by atoms with Crippen molar-refractivity contribution in [2.45, 2.75) is 52.1 Å². The molecule has 0 aromatic heterocycles. The molecule has 4 N–H and O–H groups in total. The van der Waals surface area contributed by atoms with Crippen molar-refractivity contribution >= 4 is 47.4 Å². The summed E-state index contributed by atoms with van der Waals surface area (Å²) in [7, 11) is 0. The second-order valence-corrected chi connectivity index (χ2v) is 9.02. The smallest absolute Gasteiger partial charge is 0.251 e. The Morgan fingerprint density at radius 3 is 2.61 bits per heavy atom. The highest BCUT2D eigenvalue weighted by Crippen LogP contribution is 2.31. The van der Waals surface area contributed by atoms with Crippen LogP contribution in [0.15, 0.2) is 53.5 Å². The van der Waals surface area contributed by atoms with Crippen LogP contribution in [0, 0.1) is 0 Å². The van der Waals surface area contributed by atoms with E-state index in [1.54, 1.807) is 0 Å². The lowest BCUT2D eigenvalue weighted by Gasteiger charge is -2.26. The molecule has 2 aromatic rings. The molecule has 33 heavy (non-hydrogen) atoms. The van der Waals surface area contributed by atoms with E-state index in [1.807, 2.05) is 70.2 Å². The molecule has 0 spiro atoms. The van der Waals surface area contributed by atoms with Crippen LogP contribution in [0.3, 0.4) is 0 Å². The van der Waals surface area contributed by atoms with Gasteiger partial charge in [-0.3, -0.25) is 9.59 Å². The summed E-state index contributed by atoms with van der Waals surface area (Å²) >= 11 is 0. The maximum absolute atomic E-state index is 12.5. The lowest BCUT2D eigenvalue weighted by molar-refractivity contribution is -0.116. The Labute approximate surface area is 213 Å². The number of amides is 2. The van der Waals surface area contributed by atoms with Crippen molar-refractivity contribution in [3.8, 4) is 0 Å². The summed E-state index contributed by atoms with van der Waals surface area (Å²) < 4.78 is 0. The molecule has 0 saturated heterocycles. The minimum absolute atomic E-state index is 0. The molecule has 0 saturated carbocycles. The zero-order chi connectivity index (χ0) is 23.1. The van der Waals surface area contributed by atoms with E-state index in [-0.39, 0.29) is 47.2 Å². The molecule has 1 heterocycles. The molecule has 0 bridgehead atoms. The number of hydrogen-bond acceptors (Lipinski definition) is 3. The molecule has 1 aliphatic rings. The molecule has 1 atom stereocenters. The van der Waals surface area contributed by atoms with Gasteiger partial charge in [-0.15, -0.1) is 24.0 Å². The Balaban J connectivity index is 0.00000385. The van der Waals surface area contributed by atoms with Gasteiger partial charge in [0.25, 0.3) is 5.91 Å². The second-order valence-electron chi connectivity index (χ2n) is 9.02. The molecule has 178 valence electrons. The molecule has 0 radical (unpaired) electrons. The summed E-state index contributed by atoms with van der Waals surface area (Å²) in [4.78, 5) is 29.2. The Morgan fingerprint density at radius 2 is 1.88 bits per heavy atom. The lowest BCUT2D eigenvalue weighted by Crippen LogP contribution is -2.40. The van der Waals surface area contributed by atoms with Gasteiger partial charge in [0, 0.05) is 42.2 Å². The largest absolute Gasteiger partial charge is 0.357 e. The molecular formula is C25H34IN5O2. The normalized spacial score (nSPS) is 15.6. The Hall–Kier alpha value is -2.62. The van der Waals surface area contributed by atoms with Crippen molar-refractivity contribution in [3.63, 3.8) is 0 Å². The zero-order valence-corrected chi connectivity index (χ0v) is 22.0. The van der Waals surface area contributed by atoms with Gasteiger partial charge >= 0.3 is 0 Å². The number of nitrogens with zero attached hydrogens (tertiary/aromatic N) is 1. The number of nitrogens with one attached hydrogen (secondary N) is 4. The van der Waals surface area contributed by atoms with Crippen LogP contribution in [0.4, 0.5) is 5.69 Å². The van der Waals surface area contributed by atoms with Gasteiger partial charge in [-0.1, -0.05) is 30.3 Å². The van der Waals surface area contributed by atoms with Gasteiger partial charge < -0.3 is 21.3 Å². The van der Waals surface area contributed by atoms with Crippen LogP contribution in [0.5, 0.6) is 0 Å². The molecule has 1 unspecified atom stereocenters. The van der Waals surface area contributed by atoms with E-state index in [2.05, 4.69) is 32.3 Å². The van der Waals surface area contributed by atoms with Crippen LogP contribution in [0.25, 0.3) is 0 Å². The van der Waals surface area contributed by atoms with Crippen LogP contribution >= 0.6 is 24.0 Å². The number of carbonyl (C=O) groups is 2. The molecule has 7 nitrogen and oxygen atoms in total. The van der Waals surface area contributed by atoms with Crippen LogP contribution in [0.2, 0.25) is 0 Å². The molecule has 0 fully saturated rings. The molecule has 0 aliphatic carbocycles. The first-order valence-electron chi connectivity index (χ1n) is 11.1. The molecule has 2 amide bonds. The van der Waals surface area contributed by atoms with Crippen molar-refractivity contribution in [1.82, 2.24) is 16.0 Å². The molecule has 2 aromatic carbocycles. The Morgan fingerprint density at radius 1 is 1.12 bits per heavy atom. The fourth-order valence-electron chi connectivity index (χ4n) is 3.64. The van der Waals surface area contributed by atoms with Crippen LogP contribution in [-0.4, -0.2) is 36.4 Å². The van der Waals surface area contributed by atoms with Crippen molar-refractivity contribution in [3.05, 3.63) is 65.2 Å². The highest BCUT2D eigenvalue weighted by atomic mass is 127. The van der Waals surface area contributed by atoms with Gasteiger partial charge in [0.15, 0.2) is 5.96 Å². The monoisotopic (exact) mass is 563 g/mol. The summed E-state index contributed by atoms with van der Waals surface area (Å²) in [5.74, 6) is 0.694. The first-order valence-corrected chi connectivity index (χ1v) is 11.1. The van der Waals surface area contributed by atoms with Crippen molar-refractivity contribution < 1.29 is 9.59 Å². The quantitative estimate of drug-likeness (QED) is 0.243. The number of rotatable bonds is 6. The number of guanidine groups is 1. The summed E-state index contributed by atoms with van der Waals surface area (Å²) in [6, 6.07) is 15.4. The molecule has 3 rings (SSSR count). The Kier molecular flexibility index (Phi) is 9.70. The van der Waals surface area contributed by atoms with Crippen molar-refractivity contribution in [2.75, 3.05) is 18.4 Å². The van der Waals surface area contributed by atoms with Gasteiger partial charge in [-0.25, -0.2) is 4.99 Å². The van der Waals surface area contributed by atoms with E-state index in [1.165, 1.54) is 0 Å². The molecule has 8 heteroatoms. The average Bonchev–Trinajstić information content (AvgIpc) is 2.74. The van der Waals surface area contributed by atoms with Gasteiger partial charge in [-0.05, 0) is 57.0 Å². The average molecular weight is 563 g/mol. The topological polar surface area (TPSA) is 94.6 Å². The minimum Gasteiger partial charge on any atom is -0.357 e. The highest BCUT2D eigenvalue weighted by Gasteiger charge is 2.24. The minimum atomic E-state index is -0.290. The number of aliphatic imine (C=N–C) groups is 1. The third kappa shape index (κ3) is 8.03. The Bertz CT molecular complexity index is 1000. The van der Waals surface area contributed by atoms with E-state index in [0.29, 0.717) is 31.0 Å². The number of fused-ring (bicyclic) bond motifs is 1. The van der Waals surface area contributed by atoms with Gasteiger partial charge in [0.1, 0.15) is 0 Å². The maximum Gasteiger partial charge on any atom is 0.251 e. The number of hydrogen-bond donors (Lipinski definition) is 4. The summed E-state index contributed by atoms with van der Waals surface area (Å²) in [6.07, 6.45) is 0.439. The lowest BCUT2D eigenvalue weighted by atomic mass is 9.90. The number of para-hydroxylation sites is 1. The maximum atomic E-state index is 12.5. The van der Waals surface area contributed by atoms with Gasteiger partial charge in [0.2, 0.25) is 5.91 Å². The van der Waals surface area contributed by atoms with Gasteiger partial charge in [-0.2, -0.15) is 0 Å². The summed E-state index contributed by atoms with van der Waals surface area (Å²) in [5.41, 5.74) is 3.29. The molecule has 1 aliphatic heterocycles. The van der Waals surface area contributed by atoms with Crippen LogP contribution in [-0.2, 0) is 11.3 Å². The van der Waals surface area contributed by atoms with E-state index < -0.39 is 0 Å². The van der Waals surface area contributed by atoms with Crippen molar-refractivity contribution in [2.24, 2.45) is 4.99 Å². The fraction of sp³-hybridized carbons (Fsp3) is 0.400. The second kappa shape index (κ2) is 12.0.